The number of hydrogen-bond donors (Lipinski definition) is 0. The highest BCUT2D eigenvalue weighted by atomic mass is 32.1. The molecule has 0 spiro atoms. The lowest BCUT2D eigenvalue weighted by Gasteiger charge is -1.88. The van der Waals surface area contributed by atoms with Crippen molar-refractivity contribution >= 4 is 16.3 Å². The van der Waals surface area contributed by atoms with E-state index in [2.05, 4.69) is 4.98 Å². The van der Waals surface area contributed by atoms with Crippen LogP contribution in [0.4, 0.5) is 0 Å². The first-order valence-corrected chi connectivity index (χ1v) is 3.33. The maximum Gasteiger partial charge on any atom is 0.215 e. The molecule has 0 fully saturated rings. The van der Waals surface area contributed by atoms with Crippen molar-refractivity contribution < 1.29 is 9.32 Å². The van der Waals surface area contributed by atoms with Crippen molar-refractivity contribution in [1.29, 1.82) is 0 Å². The minimum Gasteiger partial charge on any atom is -0.264 e. The molecule has 0 aliphatic carbocycles. The van der Waals surface area contributed by atoms with E-state index in [1.165, 1.54) is 6.20 Å². The van der Waals surface area contributed by atoms with Crippen LogP contribution in [0.15, 0.2) is 24.5 Å². The van der Waals surface area contributed by atoms with Gasteiger partial charge in [-0.25, -0.2) is 4.21 Å². The van der Waals surface area contributed by atoms with Gasteiger partial charge in [-0.15, -0.1) is 0 Å². The van der Waals surface area contributed by atoms with Gasteiger partial charge in [-0.05, 0) is 12.1 Å². The first-order chi connectivity index (χ1) is 4.84. The molecule has 0 N–H and O–H groups in total. The van der Waals surface area contributed by atoms with Crippen LogP contribution in [0.1, 0.15) is 5.56 Å². The van der Waals surface area contributed by atoms with Crippen molar-refractivity contribution in [1.82, 2.24) is 4.98 Å². The zero-order valence-corrected chi connectivity index (χ0v) is 5.80. The van der Waals surface area contributed by atoms with E-state index in [-0.39, 0.29) is 11.3 Å². The van der Waals surface area contributed by atoms with Crippen molar-refractivity contribution in [3.63, 3.8) is 0 Å². The van der Waals surface area contributed by atoms with E-state index in [4.69, 9.17) is 0 Å². The molecule has 3 nitrogen and oxygen atoms in total. The zero-order chi connectivity index (χ0) is 7.40. The molecular formula is C6H4NO2S. The summed E-state index contributed by atoms with van der Waals surface area (Å²) in [4.78, 5) is 3.68. The molecule has 4 heteroatoms. The molecule has 10 heavy (non-hydrogen) atoms. The van der Waals surface area contributed by atoms with Crippen LogP contribution in [-0.2, 0) is 16.4 Å². The standard InChI is InChI=1S/C6H4NO2S/c8-6(10-9)5-2-1-3-7-4-5/h1-4H. The van der Waals surface area contributed by atoms with Gasteiger partial charge in [0.1, 0.15) is 11.3 Å². The minimum absolute atomic E-state index is 0.0510. The normalized spacial score (nSPS) is 8.90. The fourth-order valence-electron chi connectivity index (χ4n) is 0.532. The Balaban J connectivity index is 3.08. The molecule has 1 heterocycles. The SMILES string of the molecule is [O]C(=S=O)c1cccnc1. The molecular weight excluding hydrogens is 150 g/mol. The smallest absolute Gasteiger partial charge is 0.215 e. The topological polar surface area (TPSA) is 49.9 Å². The molecule has 0 aliphatic rings. The highest BCUT2D eigenvalue weighted by Gasteiger charge is 1.97. The van der Waals surface area contributed by atoms with Crippen molar-refractivity contribution in [2.75, 3.05) is 0 Å². The van der Waals surface area contributed by atoms with Gasteiger partial charge in [0.15, 0.2) is 0 Å². The van der Waals surface area contributed by atoms with Gasteiger partial charge in [-0.1, -0.05) is 0 Å². The molecule has 0 unspecified atom stereocenters. The van der Waals surface area contributed by atoms with Gasteiger partial charge in [0.2, 0.25) is 5.05 Å². The summed E-state index contributed by atoms with van der Waals surface area (Å²) in [7, 11) is 0. The predicted octanol–water partition coefficient (Wildman–Crippen LogP) is 0.203. The fraction of sp³-hybridized carbons (Fsp3) is 0. The van der Waals surface area contributed by atoms with Gasteiger partial charge >= 0.3 is 0 Å². The van der Waals surface area contributed by atoms with Crippen LogP contribution >= 0.6 is 0 Å². The van der Waals surface area contributed by atoms with Crippen molar-refractivity contribution in [3.8, 4) is 0 Å². The summed E-state index contributed by atoms with van der Waals surface area (Å²) in [5.41, 5.74) is 0.350. The number of rotatable bonds is 1. The molecule has 0 aliphatic heterocycles. The van der Waals surface area contributed by atoms with Gasteiger partial charge in [-0.2, -0.15) is 5.11 Å². The number of aromatic nitrogens is 1. The third-order valence-corrected chi connectivity index (χ3v) is 1.36. The maximum absolute atomic E-state index is 10.6. The molecule has 1 radical (unpaired) electrons. The quantitative estimate of drug-likeness (QED) is 0.542. The van der Waals surface area contributed by atoms with Crippen molar-refractivity contribution in [2.24, 2.45) is 0 Å². The highest BCUT2D eigenvalue weighted by Crippen LogP contribution is 1.93. The monoisotopic (exact) mass is 154 g/mol. The average molecular weight is 154 g/mol. The summed E-state index contributed by atoms with van der Waals surface area (Å²) in [6.07, 6.45) is 2.92. The second-order valence-corrected chi connectivity index (χ2v) is 2.15. The zero-order valence-electron chi connectivity index (χ0n) is 4.98. The first-order valence-electron chi connectivity index (χ1n) is 2.59. The summed E-state index contributed by atoms with van der Waals surface area (Å²) in [6, 6.07) is 3.17. The summed E-state index contributed by atoms with van der Waals surface area (Å²) >= 11 is -0.0510. The lowest BCUT2D eigenvalue weighted by atomic mass is 10.3. The van der Waals surface area contributed by atoms with Crippen LogP contribution < -0.4 is 0 Å². The van der Waals surface area contributed by atoms with Crippen LogP contribution in [0.3, 0.4) is 0 Å². The van der Waals surface area contributed by atoms with Crippen LogP contribution in [0.5, 0.6) is 0 Å². The van der Waals surface area contributed by atoms with E-state index < -0.39 is 5.05 Å². The Bertz CT molecular complexity index is 266. The molecule has 1 aromatic rings. The van der Waals surface area contributed by atoms with Crippen molar-refractivity contribution in [2.45, 2.75) is 0 Å². The van der Waals surface area contributed by atoms with Gasteiger partial charge in [-0.3, -0.25) is 4.98 Å². The van der Waals surface area contributed by atoms with E-state index in [1.807, 2.05) is 0 Å². The predicted molar refractivity (Wildman–Crippen MR) is 37.2 cm³/mol. The summed E-state index contributed by atoms with van der Waals surface area (Å²) < 4.78 is 9.97. The van der Waals surface area contributed by atoms with Gasteiger partial charge < -0.3 is 0 Å². The molecule has 0 aromatic carbocycles. The molecule has 0 saturated carbocycles. The number of hydrogen-bond acceptors (Lipinski definition) is 2. The first kappa shape index (κ1) is 7.11. The minimum atomic E-state index is -0.493. The van der Waals surface area contributed by atoms with Crippen molar-refractivity contribution in [3.05, 3.63) is 30.1 Å². The lowest BCUT2D eigenvalue weighted by Crippen LogP contribution is -1.95. The number of pyridine rings is 1. The Morgan fingerprint density at radius 2 is 2.40 bits per heavy atom. The van der Waals surface area contributed by atoms with E-state index in [9.17, 15) is 9.32 Å². The number of nitrogens with zero attached hydrogens (tertiary/aromatic N) is 1. The molecule has 0 saturated heterocycles. The molecule has 0 amide bonds. The van der Waals surface area contributed by atoms with Gasteiger partial charge in [0, 0.05) is 18.0 Å². The van der Waals surface area contributed by atoms with E-state index in [0.717, 1.165) is 0 Å². The highest BCUT2D eigenvalue weighted by molar-refractivity contribution is 7.66. The van der Waals surface area contributed by atoms with Crippen LogP contribution in [0.25, 0.3) is 0 Å². The van der Waals surface area contributed by atoms with Crippen LogP contribution in [0, 0.1) is 0 Å². The second kappa shape index (κ2) is 3.24. The summed E-state index contributed by atoms with van der Waals surface area (Å²) in [5, 5.41) is 10.1. The molecule has 1 aromatic heterocycles. The average Bonchev–Trinajstić information content (AvgIpc) is 2.05. The Morgan fingerprint density at radius 3 is 2.90 bits per heavy atom. The third kappa shape index (κ3) is 1.49. The summed E-state index contributed by atoms with van der Waals surface area (Å²) in [5.74, 6) is 0. The van der Waals surface area contributed by atoms with E-state index >= 15 is 0 Å². The van der Waals surface area contributed by atoms with E-state index in [0.29, 0.717) is 5.56 Å². The van der Waals surface area contributed by atoms with Crippen LogP contribution in [-0.4, -0.2) is 14.2 Å². The van der Waals surface area contributed by atoms with Gasteiger partial charge in [0.05, 0.1) is 0 Å². The Kier molecular flexibility index (Phi) is 2.30. The molecule has 0 bridgehead atoms. The molecule has 1 rings (SSSR count). The second-order valence-electron chi connectivity index (χ2n) is 1.61. The maximum atomic E-state index is 10.6. The lowest BCUT2D eigenvalue weighted by molar-refractivity contribution is 0.441. The largest absolute Gasteiger partial charge is 0.264 e. The summed E-state index contributed by atoms with van der Waals surface area (Å²) in [6.45, 7) is 0. The Hall–Kier alpha value is -1.00. The molecule has 0 atom stereocenters. The Morgan fingerprint density at radius 1 is 1.60 bits per heavy atom. The Labute approximate surface area is 61.4 Å². The fourth-order valence-corrected chi connectivity index (χ4v) is 0.749. The third-order valence-electron chi connectivity index (χ3n) is 0.973. The van der Waals surface area contributed by atoms with Crippen LogP contribution in [0.2, 0.25) is 0 Å². The molecule has 51 valence electrons. The van der Waals surface area contributed by atoms with E-state index in [1.54, 1.807) is 18.3 Å². The van der Waals surface area contributed by atoms with Gasteiger partial charge in [0.25, 0.3) is 0 Å².